The molecule has 0 unspecified atom stereocenters. The molecular weight excluding hydrogens is 314 g/mol. The molecule has 1 aliphatic rings. The van der Waals surface area contributed by atoms with E-state index < -0.39 is 0 Å². The van der Waals surface area contributed by atoms with Gasteiger partial charge in [0.15, 0.2) is 0 Å². The number of piperazine rings is 1. The zero-order valence-corrected chi connectivity index (χ0v) is 14.8. The van der Waals surface area contributed by atoms with Crippen LogP contribution >= 0.6 is 24.0 Å². The van der Waals surface area contributed by atoms with E-state index in [0.717, 1.165) is 36.1 Å². The third-order valence-corrected chi connectivity index (χ3v) is 5.29. The largest absolute Gasteiger partial charge is 0.355 e. The first-order chi connectivity index (χ1) is 10.6. The van der Waals surface area contributed by atoms with Crippen molar-refractivity contribution in [1.29, 1.82) is 0 Å². The van der Waals surface area contributed by atoms with Gasteiger partial charge in [-0.05, 0) is 19.5 Å². The van der Waals surface area contributed by atoms with Crippen LogP contribution in [0.25, 0.3) is 0 Å². The Hall–Kier alpha value is -1.11. The summed E-state index contributed by atoms with van der Waals surface area (Å²) in [5, 5.41) is 3.02. The van der Waals surface area contributed by atoms with Gasteiger partial charge in [0, 0.05) is 26.2 Å². The zero-order chi connectivity index (χ0) is 15.9. The molecule has 1 atom stereocenters. The predicted molar refractivity (Wildman–Crippen MR) is 97.1 cm³/mol. The number of amides is 1. The van der Waals surface area contributed by atoms with Crippen molar-refractivity contribution in [2.75, 3.05) is 39.0 Å². The summed E-state index contributed by atoms with van der Waals surface area (Å²) in [6, 6.07) is 10.00. The summed E-state index contributed by atoms with van der Waals surface area (Å²) in [6.07, 6.45) is 0. The first kappa shape index (κ1) is 17.2. The summed E-state index contributed by atoms with van der Waals surface area (Å²) >= 11 is 6.88. The van der Waals surface area contributed by atoms with E-state index in [0.29, 0.717) is 5.75 Å². The maximum atomic E-state index is 12.0. The minimum atomic E-state index is 0.0199. The Morgan fingerprint density at radius 3 is 2.55 bits per heavy atom. The second-order valence-corrected chi connectivity index (χ2v) is 7.15. The average molecular weight is 338 g/mol. The van der Waals surface area contributed by atoms with Crippen LogP contribution in [0.1, 0.15) is 18.5 Å². The highest BCUT2D eigenvalue weighted by Crippen LogP contribution is 2.14. The van der Waals surface area contributed by atoms with Gasteiger partial charge in [-0.3, -0.25) is 4.79 Å². The van der Waals surface area contributed by atoms with Gasteiger partial charge < -0.3 is 15.1 Å². The number of rotatable bonds is 4. The Kier molecular flexibility index (Phi) is 6.67. The summed E-state index contributed by atoms with van der Waals surface area (Å²) in [5.41, 5.74) is 1.11. The van der Waals surface area contributed by atoms with Crippen molar-refractivity contribution in [3.8, 4) is 0 Å². The molecule has 4 nitrogen and oxygen atoms in total. The molecule has 1 aliphatic heterocycles. The Labute approximate surface area is 142 Å². The Morgan fingerprint density at radius 2 is 1.91 bits per heavy atom. The summed E-state index contributed by atoms with van der Waals surface area (Å²) in [5.74, 6) is 0.403. The first-order valence-electron chi connectivity index (χ1n) is 7.51. The lowest BCUT2D eigenvalue weighted by molar-refractivity contribution is -0.119. The fourth-order valence-electron chi connectivity index (χ4n) is 2.32. The van der Waals surface area contributed by atoms with Gasteiger partial charge >= 0.3 is 0 Å². The summed E-state index contributed by atoms with van der Waals surface area (Å²) in [6.45, 7) is 5.95. The van der Waals surface area contributed by atoms with Crippen LogP contribution < -0.4 is 5.32 Å². The topological polar surface area (TPSA) is 35.6 Å². The number of hydrogen-bond acceptors (Lipinski definition) is 4. The molecule has 22 heavy (non-hydrogen) atoms. The normalized spacial score (nSPS) is 17.1. The van der Waals surface area contributed by atoms with Gasteiger partial charge in [0.2, 0.25) is 5.91 Å². The van der Waals surface area contributed by atoms with Crippen LogP contribution in [0.15, 0.2) is 30.3 Å². The van der Waals surface area contributed by atoms with Gasteiger partial charge in [0.25, 0.3) is 0 Å². The predicted octanol–water partition coefficient (Wildman–Crippen LogP) is 2.13. The smallest absolute Gasteiger partial charge is 0.230 e. The van der Waals surface area contributed by atoms with Crippen molar-refractivity contribution in [3.05, 3.63) is 35.9 Å². The summed E-state index contributed by atoms with van der Waals surface area (Å²) in [4.78, 5) is 16.5. The van der Waals surface area contributed by atoms with Gasteiger partial charge in [-0.15, -0.1) is 0 Å². The lowest BCUT2D eigenvalue weighted by atomic mass is 10.1. The number of carbonyl (C=O) groups excluding carboxylic acids is 1. The molecule has 1 fully saturated rings. The second-order valence-electron chi connectivity index (χ2n) is 5.54. The maximum absolute atomic E-state index is 12.0. The molecular formula is C16H23N3OS2. The van der Waals surface area contributed by atoms with Crippen molar-refractivity contribution >= 4 is 34.2 Å². The standard InChI is InChI=1S/C16H23N3OS2/c1-13(14-6-4-3-5-7-14)17-15(20)12-22-16(21)19-10-8-18(2)9-11-19/h3-7,13H,8-12H2,1-2H3,(H,17,20)/t13-/m0/s1. The van der Waals surface area contributed by atoms with Gasteiger partial charge in [-0.2, -0.15) is 0 Å². The third kappa shape index (κ3) is 5.26. The van der Waals surface area contributed by atoms with Crippen LogP contribution in [0.5, 0.6) is 0 Å². The van der Waals surface area contributed by atoms with Gasteiger partial charge in [0.1, 0.15) is 4.32 Å². The van der Waals surface area contributed by atoms with Gasteiger partial charge in [0.05, 0.1) is 11.8 Å². The summed E-state index contributed by atoms with van der Waals surface area (Å²) < 4.78 is 0.829. The Bertz CT molecular complexity index is 501. The number of thiocarbonyl (C=S) groups is 1. The molecule has 0 spiro atoms. The van der Waals surface area contributed by atoms with Crippen LogP contribution in [-0.2, 0) is 4.79 Å². The fourth-order valence-corrected chi connectivity index (χ4v) is 3.38. The molecule has 1 aromatic carbocycles. The number of thioether (sulfide) groups is 1. The number of nitrogens with one attached hydrogen (secondary N) is 1. The number of nitrogens with zero attached hydrogens (tertiary/aromatic N) is 2. The van der Waals surface area contributed by atoms with Crippen molar-refractivity contribution in [2.24, 2.45) is 0 Å². The van der Waals surface area contributed by atoms with E-state index in [1.807, 2.05) is 37.3 Å². The molecule has 1 N–H and O–H groups in total. The van der Waals surface area contributed by atoms with E-state index in [4.69, 9.17) is 12.2 Å². The fraction of sp³-hybridized carbons (Fsp3) is 0.500. The Morgan fingerprint density at radius 1 is 1.27 bits per heavy atom. The molecule has 0 aromatic heterocycles. The van der Waals surface area contributed by atoms with E-state index in [-0.39, 0.29) is 11.9 Å². The van der Waals surface area contributed by atoms with Gasteiger partial charge in [-0.25, -0.2) is 0 Å². The monoisotopic (exact) mass is 337 g/mol. The second kappa shape index (κ2) is 8.50. The van der Waals surface area contributed by atoms with E-state index >= 15 is 0 Å². The number of hydrogen-bond donors (Lipinski definition) is 1. The molecule has 0 aliphatic carbocycles. The maximum Gasteiger partial charge on any atom is 0.230 e. The minimum absolute atomic E-state index is 0.0199. The molecule has 120 valence electrons. The van der Waals surface area contributed by atoms with Gasteiger partial charge in [-0.1, -0.05) is 54.3 Å². The van der Waals surface area contributed by atoms with Crippen LogP contribution in [-0.4, -0.2) is 59.0 Å². The third-order valence-electron chi connectivity index (χ3n) is 3.77. The molecule has 2 rings (SSSR count). The van der Waals surface area contributed by atoms with Crippen molar-refractivity contribution in [1.82, 2.24) is 15.1 Å². The quantitative estimate of drug-likeness (QED) is 0.852. The number of likely N-dealkylation sites (N-methyl/N-ethyl adjacent to an activating group) is 1. The Balaban J connectivity index is 1.72. The zero-order valence-electron chi connectivity index (χ0n) is 13.1. The molecule has 1 amide bonds. The molecule has 1 aromatic rings. The van der Waals surface area contributed by atoms with Crippen LogP contribution in [0.4, 0.5) is 0 Å². The van der Waals surface area contributed by atoms with Crippen molar-refractivity contribution < 1.29 is 4.79 Å². The SMILES string of the molecule is C[C@H](NC(=O)CSC(=S)N1CCN(C)CC1)c1ccccc1. The number of carbonyl (C=O) groups is 1. The highest BCUT2D eigenvalue weighted by atomic mass is 32.2. The molecule has 0 saturated carbocycles. The lowest BCUT2D eigenvalue weighted by Gasteiger charge is -2.33. The molecule has 1 heterocycles. The molecule has 6 heteroatoms. The van der Waals surface area contributed by atoms with Crippen molar-refractivity contribution in [2.45, 2.75) is 13.0 Å². The van der Waals surface area contributed by atoms with E-state index in [1.54, 1.807) is 0 Å². The van der Waals surface area contributed by atoms with Crippen LogP contribution in [0.2, 0.25) is 0 Å². The summed E-state index contributed by atoms with van der Waals surface area (Å²) in [7, 11) is 2.12. The van der Waals surface area contributed by atoms with E-state index in [9.17, 15) is 4.79 Å². The highest BCUT2D eigenvalue weighted by Gasteiger charge is 2.18. The van der Waals surface area contributed by atoms with E-state index in [1.165, 1.54) is 11.8 Å². The van der Waals surface area contributed by atoms with E-state index in [2.05, 4.69) is 22.2 Å². The first-order valence-corrected chi connectivity index (χ1v) is 8.90. The number of benzene rings is 1. The molecule has 0 bridgehead atoms. The molecule has 0 radical (unpaired) electrons. The average Bonchev–Trinajstić information content (AvgIpc) is 2.54. The van der Waals surface area contributed by atoms with Crippen LogP contribution in [0, 0.1) is 0 Å². The lowest BCUT2D eigenvalue weighted by Crippen LogP contribution is -2.46. The minimum Gasteiger partial charge on any atom is -0.355 e. The highest BCUT2D eigenvalue weighted by molar-refractivity contribution is 8.23. The van der Waals surface area contributed by atoms with Crippen LogP contribution in [0.3, 0.4) is 0 Å². The molecule has 1 saturated heterocycles. The van der Waals surface area contributed by atoms with Crippen molar-refractivity contribution in [3.63, 3.8) is 0 Å².